The van der Waals surface area contributed by atoms with Crippen molar-refractivity contribution in [3.8, 4) is 10.8 Å². The zero-order valence-corrected chi connectivity index (χ0v) is 19.6. The highest BCUT2D eigenvalue weighted by atomic mass is 35.5. The Morgan fingerprint density at radius 1 is 1.12 bits per heavy atom. The number of hydrogen-bond acceptors (Lipinski definition) is 5. The standard InChI is InChI=1S/C22H18ClF3N4OS2/c23-18-16-6-1-2-7-17(16)33-19(18)20-27-30(21(32)31-20)13-28-8-10-29(11-9-28)15-5-3-4-14(12-15)22(24,25)26/h1-7,12H,8-11,13H2/p+1. The number of aromatic nitrogens is 2. The summed E-state index contributed by atoms with van der Waals surface area (Å²) < 4.78 is 47.5. The van der Waals surface area contributed by atoms with Crippen molar-refractivity contribution in [1.29, 1.82) is 0 Å². The normalized spacial score (nSPS) is 15.5. The highest BCUT2D eigenvalue weighted by Crippen LogP contribution is 2.41. The molecule has 33 heavy (non-hydrogen) atoms. The molecule has 3 heterocycles. The fourth-order valence-corrected chi connectivity index (χ4v) is 5.60. The van der Waals surface area contributed by atoms with Crippen molar-refractivity contribution in [2.45, 2.75) is 12.8 Å². The minimum absolute atomic E-state index is 0.270. The molecule has 5 nitrogen and oxygen atoms in total. The van der Waals surface area contributed by atoms with Gasteiger partial charge in [0.15, 0.2) is 6.67 Å². The van der Waals surface area contributed by atoms with Crippen LogP contribution in [-0.4, -0.2) is 36.0 Å². The molecular formula is C22H19ClF3N4OS2+. The molecule has 0 radical (unpaired) electrons. The van der Waals surface area contributed by atoms with Gasteiger partial charge in [-0.2, -0.15) is 17.9 Å². The number of fused-ring (bicyclic) bond motifs is 1. The first kappa shape index (κ1) is 22.4. The molecule has 0 spiro atoms. The van der Waals surface area contributed by atoms with Crippen LogP contribution in [0.15, 0.2) is 52.9 Å². The van der Waals surface area contributed by atoms with Gasteiger partial charge in [-0.3, -0.25) is 0 Å². The minimum atomic E-state index is -4.35. The Hall–Kier alpha value is -2.40. The number of quaternary nitrogens is 1. The third-order valence-electron chi connectivity index (χ3n) is 5.72. The smallest absolute Gasteiger partial charge is 0.408 e. The van der Waals surface area contributed by atoms with E-state index in [1.807, 2.05) is 29.2 Å². The Morgan fingerprint density at radius 3 is 2.61 bits per heavy atom. The van der Waals surface area contributed by atoms with Gasteiger partial charge < -0.3 is 14.2 Å². The van der Waals surface area contributed by atoms with Crippen molar-refractivity contribution in [2.24, 2.45) is 0 Å². The van der Waals surface area contributed by atoms with Crippen LogP contribution in [0.4, 0.5) is 18.9 Å². The van der Waals surface area contributed by atoms with Gasteiger partial charge in [-0.15, -0.1) is 16.4 Å². The van der Waals surface area contributed by atoms with Crippen molar-refractivity contribution >= 4 is 50.9 Å². The number of hydrogen-bond donors (Lipinski definition) is 1. The first-order valence-corrected chi connectivity index (χ1v) is 11.9. The fourth-order valence-electron chi connectivity index (χ4n) is 3.98. The van der Waals surface area contributed by atoms with E-state index in [2.05, 4.69) is 5.10 Å². The highest BCUT2D eigenvalue weighted by Gasteiger charge is 2.31. The van der Waals surface area contributed by atoms with Crippen molar-refractivity contribution in [2.75, 3.05) is 31.1 Å². The third kappa shape index (κ3) is 4.52. The number of anilines is 1. The summed E-state index contributed by atoms with van der Waals surface area (Å²) in [6, 6.07) is 13.3. The quantitative estimate of drug-likeness (QED) is 0.386. The van der Waals surface area contributed by atoms with Gasteiger partial charge in [0.25, 0.3) is 10.7 Å². The fraction of sp³-hybridized carbons (Fsp3) is 0.273. The first-order valence-electron chi connectivity index (χ1n) is 10.3. The van der Waals surface area contributed by atoms with Gasteiger partial charge in [-0.1, -0.05) is 35.9 Å². The second-order valence-electron chi connectivity index (χ2n) is 7.86. The van der Waals surface area contributed by atoms with Gasteiger partial charge >= 0.3 is 6.18 Å². The van der Waals surface area contributed by atoms with E-state index in [0.717, 1.165) is 34.1 Å². The van der Waals surface area contributed by atoms with Crippen LogP contribution < -0.4 is 9.80 Å². The third-order valence-corrected chi connectivity index (χ3v) is 7.68. The summed E-state index contributed by atoms with van der Waals surface area (Å²) in [5, 5.41) is 6.11. The van der Waals surface area contributed by atoms with E-state index in [1.54, 1.807) is 10.7 Å². The lowest BCUT2D eigenvalue weighted by Gasteiger charge is -2.33. The molecule has 1 fully saturated rings. The number of rotatable bonds is 4. The molecule has 4 aromatic rings. The summed E-state index contributed by atoms with van der Waals surface area (Å²) in [5.41, 5.74) is -0.0419. The molecule has 0 amide bonds. The molecule has 5 rings (SSSR count). The average molecular weight is 512 g/mol. The van der Waals surface area contributed by atoms with Crippen molar-refractivity contribution < 1.29 is 22.5 Å². The predicted octanol–water partition coefficient (Wildman–Crippen LogP) is 5.12. The number of nitrogens with one attached hydrogen (secondary N) is 1. The molecule has 1 saturated heterocycles. The highest BCUT2D eigenvalue weighted by molar-refractivity contribution is 7.71. The van der Waals surface area contributed by atoms with E-state index < -0.39 is 11.7 Å². The Bertz CT molecular complexity index is 1360. The van der Waals surface area contributed by atoms with Crippen LogP contribution in [0.1, 0.15) is 5.56 Å². The van der Waals surface area contributed by atoms with Crippen LogP contribution in [0.2, 0.25) is 5.02 Å². The Morgan fingerprint density at radius 2 is 1.88 bits per heavy atom. The SMILES string of the molecule is FC(F)(F)c1cccc(N2CC[NH+](Cn3nc(-c4sc5ccccc5c4Cl)oc3=S)CC2)c1. The van der Waals surface area contributed by atoms with E-state index in [-0.39, 0.29) is 4.84 Å². The second-order valence-corrected chi connectivity index (χ2v) is 9.64. The van der Waals surface area contributed by atoms with Crippen LogP contribution in [0.5, 0.6) is 0 Å². The van der Waals surface area contributed by atoms with Gasteiger partial charge in [0.1, 0.15) is 4.88 Å². The summed E-state index contributed by atoms with van der Waals surface area (Å²) in [6.07, 6.45) is -4.35. The molecule has 1 aliphatic rings. The number of thiophene rings is 1. The van der Waals surface area contributed by atoms with Crippen LogP contribution in [0.3, 0.4) is 0 Å². The van der Waals surface area contributed by atoms with E-state index >= 15 is 0 Å². The van der Waals surface area contributed by atoms with Gasteiger partial charge in [0.2, 0.25) is 0 Å². The lowest BCUT2D eigenvalue weighted by molar-refractivity contribution is -0.924. The molecular weight excluding hydrogens is 493 g/mol. The monoisotopic (exact) mass is 511 g/mol. The minimum Gasteiger partial charge on any atom is -0.408 e. The summed E-state index contributed by atoms with van der Waals surface area (Å²) in [4.78, 5) is 4.21. The number of halogens is 4. The van der Waals surface area contributed by atoms with Crippen molar-refractivity contribution in [3.63, 3.8) is 0 Å². The first-order chi connectivity index (χ1) is 15.8. The summed E-state index contributed by atoms with van der Waals surface area (Å²) in [6.45, 7) is 3.27. The van der Waals surface area contributed by atoms with Crippen LogP contribution in [-0.2, 0) is 12.8 Å². The predicted molar refractivity (Wildman–Crippen MR) is 126 cm³/mol. The molecule has 0 atom stereocenters. The maximum absolute atomic E-state index is 13.0. The molecule has 2 aromatic heterocycles. The van der Waals surface area contributed by atoms with Crippen LogP contribution in [0, 0.1) is 4.84 Å². The van der Waals surface area contributed by atoms with Crippen molar-refractivity contribution in [3.05, 3.63) is 64.0 Å². The Labute approximate surface area is 201 Å². The van der Waals surface area contributed by atoms with E-state index in [4.69, 9.17) is 28.2 Å². The molecule has 1 aliphatic heterocycles. The number of benzene rings is 2. The number of piperazine rings is 1. The molecule has 172 valence electrons. The molecule has 0 unspecified atom stereocenters. The zero-order chi connectivity index (χ0) is 23.2. The number of nitrogens with zero attached hydrogens (tertiary/aromatic N) is 3. The molecule has 0 saturated carbocycles. The van der Waals surface area contributed by atoms with Crippen molar-refractivity contribution in [1.82, 2.24) is 9.78 Å². The lowest BCUT2D eigenvalue weighted by Crippen LogP contribution is -3.14. The maximum Gasteiger partial charge on any atom is 0.416 e. The van der Waals surface area contributed by atoms with Gasteiger partial charge in [-0.05, 0) is 36.5 Å². The van der Waals surface area contributed by atoms with E-state index in [0.29, 0.717) is 36.4 Å². The second kappa shape index (κ2) is 8.75. The molecule has 1 N–H and O–H groups in total. The summed E-state index contributed by atoms with van der Waals surface area (Å²) >= 11 is 13.4. The molecule has 11 heteroatoms. The largest absolute Gasteiger partial charge is 0.416 e. The Balaban J connectivity index is 1.28. The van der Waals surface area contributed by atoms with E-state index in [1.165, 1.54) is 28.4 Å². The summed E-state index contributed by atoms with van der Waals surface area (Å²) in [5.74, 6) is 0.396. The Kier molecular flexibility index (Phi) is 5.94. The van der Waals surface area contributed by atoms with Crippen LogP contribution in [0.25, 0.3) is 20.9 Å². The number of alkyl halides is 3. The maximum atomic E-state index is 13.0. The van der Waals surface area contributed by atoms with E-state index in [9.17, 15) is 13.2 Å². The lowest BCUT2D eigenvalue weighted by atomic mass is 10.1. The summed E-state index contributed by atoms with van der Waals surface area (Å²) in [7, 11) is 0. The van der Waals surface area contributed by atoms with Crippen LogP contribution >= 0.6 is 35.2 Å². The molecule has 0 aliphatic carbocycles. The molecule has 0 bridgehead atoms. The average Bonchev–Trinajstić information content (AvgIpc) is 3.33. The topological polar surface area (TPSA) is 38.6 Å². The van der Waals surface area contributed by atoms with Gasteiger partial charge in [-0.25, -0.2) is 0 Å². The van der Waals surface area contributed by atoms with Gasteiger partial charge in [0, 0.05) is 15.8 Å². The van der Waals surface area contributed by atoms with Gasteiger partial charge in [0.05, 0.1) is 36.8 Å². The molecule has 2 aromatic carbocycles. The zero-order valence-electron chi connectivity index (χ0n) is 17.2.